The van der Waals surface area contributed by atoms with E-state index in [0.29, 0.717) is 22.4 Å². The molecule has 0 N–H and O–H groups in total. The van der Waals surface area contributed by atoms with Gasteiger partial charge in [-0.2, -0.15) is 0 Å². The first kappa shape index (κ1) is 28.8. The molecule has 0 amide bonds. The van der Waals surface area contributed by atoms with Crippen molar-refractivity contribution in [2.24, 2.45) is 5.92 Å². The standard InChI is InChI=1S/C34H36O6/c1-10-29(35)38-27-16-21(8)26(17-25(27)18(3)4)34-22(9)20(7)15-28(39-30(36)11-2)31(19(5)6)23-13-12-14-24(32(23)34)33(37)40-34/h10-19,28,31H,1-2,9H2,3-8H3/b20-15-. The Kier molecular flexibility index (Phi) is 7.75. The number of esters is 3. The maximum Gasteiger partial charge on any atom is 0.340 e. The topological polar surface area (TPSA) is 78.9 Å². The van der Waals surface area contributed by atoms with Crippen molar-refractivity contribution in [3.05, 3.63) is 113 Å². The molecule has 0 fully saturated rings. The van der Waals surface area contributed by atoms with E-state index >= 15 is 0 Å². The van der Waals surface area contributed by atoms with E-state index in [2.05, 4.69) is 33.6 Å². The number of ether oxygens (including phenoxy) is 3. The van der Waals surface area contributed by atoms with Gasteiger partial charge in [0.1, 0.15) is 11.9 Å². The predicted molar refractivity (Wildman–Crippen MR) is 154 cm³/mol. The fourth-order valence-corrected chi connectivity index (χ4v) is 5.92. The summed E-state index contributed by atoms with van der Waals surface area (Å²) in [5, 5.41) is 0. The van der Waals surface area contributed by atoms with Crippen molar-refractivity contribution in [1.29, 1.82) is 0 Å². The Hall–Kier alpha value is -4.19. The summed E-state index contributed by atoms with van der Waals surface area (Å²) in [6.45, 7) is 23.4. The number of hydrogen-bond donors (Lipinski definition) is 0. The average molecular weight is 541 g/mol. The van der Waals surface area contributed by atoms with E-state index in [1.54, 1.807) is 12.1 Å². The number of carbonyl (C=O) groups excluding carboxylic acids is 3. The lowest BCUT2D eigenvalue weighted by molar-refractivity contribution is -0.142. The Morgan fingerprint density at radius 2 is 1.73 bits per heavy atom. The third kappa shape index (κ3) is 4.61. The lowest BCUT2D eigenvalue weighted by Gasteiger charge is -2.40. The molecule has 1 aliphatic heterocycles. The van der Waals surface area contributed by atoms with Crippen LogP contribution in [0.25, 0.3) is 0 Å². The smallest absolute Gasteiger partial charge is 0.340 e. The first-order valence-electron chi connectivity index (χ1n) is 13.4. The van der Waals surface area contributed by atoms with Gasteiger partial charge in [-0.1, -0.05) is 59.6 Å². The van der Waals surface area contributed by atoms with E-state index < -0.39 is 29.6 Å². The van der Waals surface area contributed by atoms with Crippen molar-refractivity contribution < 1.29 is 28.6 Å². The Bertz CT molecular complexity index is 1470. The molecule has 0 saturated carbocycles. The van der Waals surface area contributed by atoms with Crippen molar-refractivity contribution in [3.63, 3.8) is 0 Å². The minimum Gasteiger partial charge on any atom is -0.454 e. The summed E-state index contributed by atoms with van der Waals surface area (Å²) in [7, 11) is 0. The Morgan fingerprint density at radius 1 is 1.05 bits per heavy atom. The molecule has 3 atom stereocenters. The van der Waals surface area contributed by atoms with Crippen LogP contribution >= 0.6 is 0 Å². The lowest BCUT2D eigenvalue weighted by atomic mass is 9.68. The van der Waals surface area contributed by atoms with E-state index in [0.717, 1.165) is 40.0 Å². The van der Waals surface area contributed by atoms with Gasteiger partial charge in [0.25, 0.3) is 0 Å². The molecule has 2 aromatic carbocycles. The van der Waals surface area contributed by atoms with E-state index in [-0.39, 0.29) is 17.8 Å². The fraction of sp³-hybridized carbons (Fsp3) is 0.324. The van der Waals surface area contributed by atoms with E-state index in [9.17, 15) is 14.4 Å². The van der Waals surface area contributed by atoms with Gasteiger partial charge in [0, 0.05) is 34.8 Å². The maximum atomic E-state index is 13.6. The molecule has 0 spiro atoms. The zero-order chi connectivity index (χ0) is 29.5. The SMILES string of the molecule is C=CC(=O)Oc1cc(C)c(C23OC(=O)c4cccc(c42)C(C(C)C)C(OC(=O)C=C)/C=C(/C)C3=C)cc1C(C)C. The van der Waals surface area contributed by atoms with Gasteiger partial charge in [-0.05, 0) is 72.2 Å². The van der Waals surface area contributed by atoms with Gasteiger partial charge in [0.15, 0.2) is 5.60 Å². The van der Waals surface area contributed by atoms with Crippen LogP contribution in [-0.2, 0) is 24.7 Å². The van der Waals surface area contributed by atoms with Crippen LogP contribution in [0.15, 0.2) is 79.4 Å². The number of aryl methyl sites for hydroxylation is 1. The summed E-state index contributed by atoms with van der Waals surface area (Å²) in [6.07, 6.45) is 3.55. The van der Waals surface area contributed by atoms with Gasteiger partial charge < -0.3 is 14.2 Å². The second-order valence-electron chi connectivity index (χ2n) is 11.0. The summed E-state index contributed by atoms with van der Waals surface area (Å²) in [4.78, 5) is 38.1. The van der Waals surface area contributed by atoms with Crippen LogP contribution in [0.1, 0.15) is 84.6 Å². The Labute approximate surface area is 236 Å². The van der Waals surface area contributed by atoms with Crippen molar-refractivity contribution in [1.82, 2.24) is 0 Å². The second-order valence-corrected chi connectivity index (χ2v) is 11.0. The summed E-state index contributed by atoms with van der Waals surface area (Å²) >= 11 is 0. The molecule has 0 bridgehead atoms. The first-order valence-corrected chi connectivity index (χ1v) is 13.4. The van der Waals surface area contributed by atoms with Crippen LogP contribution < -0.4 is 4.74 Å². The molecular weight excluding hydrogens is 504 g/mol. The Balaban J connectivity index is 2.10. The highest BCUT2D eigenvalue weighted by molar-refractivity contribution is 5.97. The van der Waals surface area contributed by atoms with Gasteiger partial charge in [0.05, 0.1) is 5.56 Å². The minimum absolute atomic E-state index is 0.0141. The van der Waals surface area contributed by atoms with Gasteiger partial charge in [-0.3, -0.25) is 0 Å². The first-order chi connectivity index (χ1) is 18.9. The summed E-state index contributed by atoms with van der Waals surface area (Å²) in [5.41, 5.74) is 4.22. The fourth-order valence-electron chi connectivity index (χ4n) is 5.92. The minimum atomic E-state index is -1.33. The predicted octanol–water partition coefficient (Wildman–Crippen LogP) is 6.98. The van der Waals surface area contributed by atoms with Crippen LogP contribution in [0.2, 0.25) is 0 Å². The molecule has 1 aliphatic carbocycles. The monoisotopic (exact) mass is 540 g/mol. The average Bonchev–Trinajstić information content (AvgIpc) is 3.20. The van der Waals surface area contributed by atoms with Gasteiger partial charge in [0.2, 0.25) is 0 Å². The van der Waals surface area contributed by atoms with Crippen molar-refractivity contribution in [2.45, 2.75) is 65.1 Å². The normalized spacial score (nSPS) is 22.9. The number of rotatable bonds is 7. The van der Waals surface area contributed by atoms with Crippen LogP contribution in [0.3, 0.4) is 0 Å². The quantitative estimate of drug-likeness (QED) is 0.214. The van der Waals surface area contributed by atoms with Crippen LogP contribution in [-0.4, -0.2) is 24.0 Å². The van der Waals surface area contributed by atoms with E-state index in [1.807, 2.05) is 52.0 Å². The number of hydrogen-bond acceptors (Lipinski definition) is 6. The summed E-state index contributed by atoms with van der Waals surface area (Å²) in [5.74, 6) is -1.38. The molecule has 6 heteroatoms. The van der Waals surface area contributed by atoms with Crippen LogP contribution in [0.5, 0.6) is 5.75 Å². The maximum absolute atomic E-state index is 13.6. The molecule has 0 radical (unpaired) electrons. The molecule has 40 heavy (non-hydrogen) atoms. The molecule has 208 valence electrons. The van der Waals surface area contributed by atoms with Crippen LogP contribution in [0, 0.1) is 12.8 Å². The molecular formula is C34H36O6. The summed E-state index contributed by atoms with van der Waals surface area (Å²) < 4.78 is 17.9. The van der Waals surface area contributed by atoms with Gasteiger partial charge in [-0.15, -0.1) is 0 Å². The van der Waals surface area contributed by atoms with Crippen molar-refractivity contribution in [2.75, 3.05) is 0 Å². The molecule has 4 rings (SSSR count). The number of carbonyl (C=O) groups is 3. The van der Waals surface area contributed by atoms with Gasteiger partial charge >= 0.3 is 17.9 Å². The molecule has 3 unspecified atom stereocenters. The molecule has 0 saturated heterocycles. The third-order valence-corrected chi connectivity index (χ3v) is 7.82. The zero-order valence-corrected chi connectivity index (χ0v) is 24.0. The van der Waals surface area contributed by atoms with Crippen molar-refractivity contribution >= 4 is 17.9 Å². The molecule has 0 aromatic heterocycles. The molecule has 1 heterocycles. The third-order valence-electron chi connectivity index (χ3n) is 7.82. The molecule has 6 nitrogen and oxygen atoms in total. The highest BCUT2D eigenvalue weighted by Crippen LogP contribution is 2.55. The highest BCUT2D eigenvalue weighted by Gasteiger charge is 2.54. The van der Waals surface area contributed by atoms with E-state index in [4.69, 9.17) is 14.2 Å². The van der Waals surface area contributed by atoms with Crippen LogP contribution in [0.4, 0.5) is 0 Å². The largest absolute Gasteiger partial charge is 0.454 e. The number of benzene rings is 2. The summed E-state index contributed by atoms with van der Waals surface area (Å²) in [6, 6.07) is 9.31. The zero-order valence-electron chi connectivity index (χ0n) is 24.0. The van der Waals surface area contributed by atoms with Gasteiger partial charge in [-0.25, -0.2) is 14.4 Å². The Morgan fingerprint density at radius 3 is 2.33 bits per heavy atom. The second kappa shape index (κ2) is 10.8. The highest BCUT2D eigenvalue weighted by atomic mass is 16.6. The van der Waals surface area contributed by atoms with E-state index in [1.165, 1.54) is 0 Å². The molecule has 2 aromatic rings. The van der Waals surface area contributed by atoms with Crippen molar-refractivity contribution in [3.8, 4) is 5.75 Å². The molecule has 2 aliphatic rings. The lowest BCUT2D eigenvalue weighted by Crippen LogP contribution is -2.37.